The van der Waals surface area contributed by atoms with E-state index in [-0.39, 0.29) is 11.9 Å². The maximum atomic E-state index is 13.9. The molecule has 0 aromatic heterocycles. The maximum absolute atomic E-state index is 13.9. The summed E-state index contributed by atoms with van der Waals surface area (Å²) in [5.41, 5.74) is 3.79. The second-order valence-corrected chi connectivity index (χ2v) is 5.11. The number of rotatable bonds is 3. The number of halogens is 2. The first-order valence-corrected chi connectivity index (χ1v) is 6.60. The molecule has 0 aliphatic carbocycles. The average molecular weight is 278 g/mol. The summed E-state index contributed by atoms with van der Waals surface area (Å²) >= 11 is 6.31. The van der Waals surface area contributed by atoms with E-state index in [0.717, 1.165) is 16.7 Å². The summed E-state index contributed by atoms with van der Waals surface area (Å²) in [6.07, 6.45) is 0. The lowest BCUT2D eigenvalue weighted by molar-refractivity contribution is 0.576. The molecule has 0 aliphatic rings. The van der Waals surface area contributed by atoms with Crippen LogP contribution in [0.2, 0.25) is 5.02 Å². The fourth-order valence-electron chi connectivity index (χ4n) is 2.21. The van der Waals surface area contributed by atoms with E-state index in [0.29, 0.717) is 10.6 Å². The molecular formula is C16H17ClFN. The first-order chi connectivity index (χ1) is 9.04. The van der Waals surface area contributed by atoms with Crippen molar-refractivity contribution < 1.29 is 4.39 Å². The van der Waals surface area contributed by atoms with Crippen LogP contribution in [-0.2, 0) is 0 Å². The zero-order valence-electron chi connectivity index (χ0n) is 11.3. The summed E-state index contributed by atoms with van der Waals surface area (Å²) in [6, 6.07) is 10.5. The molecule has 3 heteroatoms. The Morgan fingerprint density at radius 3 is 2.32 bits per heavy atom. The smallest absolute Gasteiger partial charge is 0.128 e. The molecule has 100 valence electrons. The molecule has 2 aromatic carbocycles. The lowest BCUT2D eigenvalue weighted by Gasteiger charge is -2.20. The highest BCUT2D eigenvalue weighted by molar-refractivity contribution is 6.31. The van der Waals surface area contributed by atoms with Gasteiger partial charge in [0.05, 0.1) is 6.04 Å². The van der Waals surface area contributed by atoms with Crippen LogP contribution in [0.25, 0.3) is 0 Å². The number of aryl methyl sites for hydroxylation is 2. The molecule has 0 aliphatic heterocycles. The zero-order chi connectivity index (χ0) is 14.0. The van der Waals surface area contributed by atoms with Gasteiger partial charge >= 0.3 is 0 Å². The second-order valence-electron chi connectivity index (χ2n) is 4.70. The van der Waals surface area contributed by atoms with Crippen LogP contribution in [0.3, 0.4) is 0 Å². The molecule has 1 atom stereocenters. The molecule has 0 bridgehead atoms. The minimum Gasteiger partial charge on any atom is -0.309 e. The fourth-order valence-corrected chi connectivity index (χ4v) is 2.54. The molecule has 0 heterocycles. The Balaban J connectivity index is 2.55. The van der Waals surface area contributed by atoms with Gasteiger partial charge in [-0.1, -0.05) is 35.9 Å². The summed E-state index contributed by atoms with van der Waals surface area (Å²) in [6.45, 7) is 4.05. The molecule has 1 unspecified atom stereocenters. The van der Waals surface area contributed by atoms with Gasteiger partial charge in [-0.3, -0.25) is 0 Å². The van der Waals surface area contributed by atoms with Gasteiger partial charge < -0.3 is 5.32 Å². The molecule has 0 spiro atoms. The minimum atomic E-state index is -0.243. The van der Waals surface area contributed by atoms with Gasteiger partial charge in [-0.15, -0.1) is 0 Å². The Kier molecular flexibility index (Phi) is 4.23. The van der Waals surface area contributed by atoms with Gasteiger partial charge in [0, 0.05) is 10.6 Å². The van der Waals surface area contributed by atoms with Gasteiger partial charge in [-0.25, -0.2) is 4.39 Å². The third kappa shape index (κ3) is 2.80. The molecule has 0 fully saturated rings. The summed E-state index contributed by atoms with van der Waals surface area (Å²) in [4.78, 5) is 0. The first-order valence-electron chi connectivity index (χ1n) is 6.23. The molecule has 0 amide bonds. The van der Waals surface area contributed by atoms with Crippen molar-refractivity contribution in [2.24, 2.45) is 0 Å². The van der Waals surface area contributed by atoms with Crippen molar-refractivity contribution in [3.63, 3.8) is 0 Å². The van der Waals surface area contributed by atoms with E-state index in [4.69, 9.17) is 11.6 Å². The van der Waals surface area contributed by atoms with Crippen molar-refractivity contribution in [3.8, 4) is 0 Å². The molecule has 0 saturated heterocycles. The van der Waals surface area contributed by atoms with Gasteiger partial charge in [0.25, 0.3) is 0 Å². The standard InChI is InChI=1S/C16H17ClFN/c1-10-8-13(14(17)9-11(10)2)16(19-3)12-6-4-5-7-15(12)18/h4-9,16,19H,1-3H3. The molecule has 1 nitrogen and oxygen atoms in total. The highest BCUT2D eigenvalue weighted by Gasteiger charge is 2.19. The summed E-state index contributed by atoms with van der Waals surface area (Å²) in [5, 5.41) is 3.80. The SMILES string of the molecule is CNC(c1ccccc1F)c1cc(C)c(C)cc1Cl. The third-order valence-corrected chi connectivity index (χ3v) is 3.76. The Morgan fingerprint density at radius 1 is 1.05 bits per heavy atom. The lowest BCUT2D eigenvalue weighted by Crippen LogP contribution is -2.19. The predicted octanol–water partition coefficient (Wildman–Crippen LogP) is 4.40. The average Bonchev–Trinajstić information content (AvgIpc) is 2.38. The van der Waals surface area contributed by atoms with E-state index in [1.54, 1.807) is 12.1 Å². The van der Waals surface area contributed by atoms with Crippen LogP contribution in [0.4, 0.5) is 4.39 Å². The van der Waals surface area contributed by atoms with E-state index in [2.05, 4.69) is 5.32 Å². The molecule has 1 N–H and O–H groups in total. The molecule has 0 saturated carbocycles. The van der Waals surface area contributed by atoms with E-state index in [9.17, 15) is 4.39 Å². The monoisotopic (exact) mass is 277 g/mol. The van der Waals surface area contributed by atoms with Crippen LogP contribution in [0.1, 0.15) is 28.3 Å². The molecular weight excluding hydrogens is 261 g/mol. The predicted molar refractivity (Wildman–Crippen MR) is 78.2 cm³/mol. The number of hydrogen-bond donors (Lipinski definition) is 1. The van der Waals surface area contributed by atoms with Crippen LogP contribution in [0.15, 0.2) is 36.4 Å². The Bertz CT molecular complexity index is 595. The lowest BCUT2D eigenvalue weighted by atomic mass is 9.95. The van der Waals surface area contributed by atoms with Gasteiger partial charge in [-0.05, 0) is 49.7 Å². The molecule has 2 aromatic rings. The maximum Gasteiger partial charge on any atom is 0.128 e. The number of hydrogen-bond acceptors (Lipinski definition) is 1. The summed E-state index contributed by atoms with van der Waals surface area (Å²) < 4.78 is 13.9. The Hall–Kier alpha value is -1.38. The Labute approximate surface area is 118 Å². The largest absolute Gasteiger partial charge is 0.309 e. The second kappa shape index (κ2) is 5.72. The normalized spacial score (nSPS) is 12.5. The van der Waals surface area contributed by atoms with Crippen molar-refractivity contribution in [2.75, 3.05) is 7.05 Å². The van der Waals surface area contributed by atoms with Crippen molar-refractivity contribution in [3.05, 3.63) is 69.5 Å². The van der Waals surface area contributed by atoms with Crippen LogP contribution in [-0.4, -0.2) is 7.05 Å². The third-order valence-electron chi connectivity index (χ3n) is 3.43. The van der Waals surface area contributed by atoms with E-state index in [1.807, 2.05) is 39.1 Å². The van der Waals surface area contributed by atoms with E-state index < -0.39 is 0 Å². The van der Waals surface area contributed by atoms with Crippen molar-refractivity contribution in [2.45, 2.75) is 19.9 Å². The van der Waals surface area contributed by atoms with Gasteiger partial charge in [-0.2, -0.15) is 0 Å². The summed E-state index contributed by atoms with van der Waals surface area (Å²) in [7, 11) is 1.81. The van der Waals surface area contributed by atoms with Gasteiger partial charge in [0.15, 0.2) is 0 Å². The van der Waals surface area contributed by atoms with Gasteiger partial charge in [0.1, 0.15) is 5.82 Å². The minimum absolute atomic E-state index is 0.226. The first kappa shape index (κ1) is 14.0. The van der Waals surface area contributed by atoms with Crippen LogP contribution in [0, 0.1) is 19.7 Å². The number of benzene rings is 2. The molecule has 0 radical (unpaired) electrons. The van der Waals surface area contributed by atoms with Crippen LogP contribution in [0.5, 0.6) is 0 Å². The van der Waals surface area contributed by atoms with Crippen molar-refractivity contribution >= 4 is 11.6 Å². The highest BCUT2D eigenvalue weighted by Crippen LogP contribution is 2.31. The van der Waals surface area contributed by atoms with Crippen LogP contribution < -0.4 is 5.32 Å². The molecule has 19 heavy (non-hydrogen) atoms. The summed E-state index contributed by atoms with van der Waals surface area (Å²) in [5.74, 6) is -0.226. The van der Waals surface area contributed by atoms with Crippen LogP contribution >= 0.6 is 11.6 Å². The zero-order valence-corrected chi connectivity index (χ0v) is 12.1. The molecule has 2 rings (SSSR count). The Morgan fingerprint density at radius 2 is 1.68 bits per heavy atom. The topological polar surface area (TPSA) is 12.0 Å². The van der Waals surface area contributed by atoms with E-state index >= 15 is 0 Å². The number of nitrogens with one attached hydrogen (secondary N) is 1. The van der Waals surface area contributed by atoms with E-state index in [1.165, 1.54) is 6.07 Å². The van der Waals surface area contributed by atoms with Crippen molar-refractivity contribution in [1.29, 1.82) is 0 Å². The van der Waals surface area contributed by atoms with Gasteiger partial charge in [0.2, 0.25) is 0 Å². The fraction of sp³-hybridized carbons (Fsp3) is 0.250. The highest BCUT2D eigenvalue weighted by atomic mass is 35.5. The van der Waals surface area contributed by atoms with Crippen molar-refractivity contribution in [1.82, 2.24) is 5.32 Å². The quantitative estimate of drug-likeness (QED) is 0.876.